The lowest BCUT2D eigenvalue weighted by Gasteiger charge is -2.30. The van der Waals surface area contributed by atoms with Crippen LogP contribution in [0.4, 0.5) is 33.7 Å². The molecule has 42 heavy (non-hydrogen) atoms. The predicted octanol–water partition coefficient (Wildman–Crippen LogP) is 8.25. The number of hydrogen-bond donors (Lipinski definition) is 2. The van der Waals surface area contributed by atoms with Gasteiger partial charge in [0.25, 0.3) is 0 Å². The van der Waals surface area contributed by atoms with Crippen LogP contribution in [0, 0.1) is 11.7 Å². The number of nitrogens with one attached hydrogen (secondary N) is 1. The molecule has 220 valence electrons. The average molecular weight is 583 g/mol. The number of aliphatic carboxylic acids is 1. The van der Waals surface area contributed by atoms with Crippen molar-refractivity contribution in [3.8, 4) is 16.9 Å². The monoisotopic (exact) mass is 582 g/mol. The summed E-state index contributed by atoms with van der Waals surface area (Å²) in [6, 6.07) is 14.9. The van der Waals surface area contributed by atoms with Crippen LogP contribution in [0.1, 0.15) is 49.7 Å². The zero-order valence-corrected chi connectivity index (χ0v) is 22.9. The Morgan fingerprint density at radius 3 is 2.38 bits per heavy atom. The molecule has 5 rings (SSSR count). The number of ether oxygens (including phenoxy) is 1. The Bertz CT molecular complexity index is 1510. The Kier molecular flexibility index (Phi) is 8.24. The molecule has 1 aliphatic heterocycles. The van der Waals surface area contributed by atoms with E-state index < -0.39 is 41.2 Å². The third-order valence-corrected chi connectivity index (χ3v) is 7.82. The molecule has 3 aromatic carbocycles. The first-order valence-electron chi connectivity index (χ1n) is 13.7. The number of rotatable bonds is 5. The molecule has 0 spiro atoms. The van der Waals surface area contributed by atoms with Gasteiger partial charge in [0.15, 0.2) is 0 Å². The molecule has 0 aromatic heterocycles. The first-order chi connectivity index (χ1) is 20.0. The Balaban J connectivity index is 1.28. The average Bonchev–Trinajstić information content (AvgIpc) is 2.97. The minimum Gasteiger partial charge on any atom is -0.490 e. The SMILES string of the molecule is CC(C=C1CCC(c2ccc(-c3ccc4c(c3)OCCN4C(=O)Nc3ccc(F)cc3C(F)(F)F)cc2)CC1)C(=O)O. The number of nitrogens with zero attached hydrogens (tertiary/aromatic N) is 1. The molecule has 2 aliphatic rings. The van der Waals surface area contributed by atoms with Gasteiger partial charge in [0.1, 0.15) is 18.2 Å². The van der Waals surface area contributed by atoms with Crippen LogP contribution in [-0.4, -0.2) is 30.3 Å². The van der Waals surface area contributed by atoms with E-state index in [1.807, 2.05) is 24.3 Å². The third-order valence-electron chi connectivity index (χ3n) is 7.82. The Hall–Kier alpha value is -4.34. The second kappa shape index (κ2) is 11.9. The fourth-order valence-corrected chi connectivity index (χ4v) is 5.51. The first kappa shape index (κ1) is 29.2. The summed E-state index contributed by atoms with van der Waals surface area (Å²) in [5, 5.41) is 11.4. The van der Waals surface area contributed by atoms with Gasteiger partial charge in [-0.2, -0.15) is 13.2 Å². The molecule has 1 aliphatic carbocycles. The fourth-order valence-electron chi connectivity index (χ4n) is 5.51. The molecule has 1 saturated carbocycles. The summed E-state index contributed by atoms with van der Waals surface area (Å²) < 4.78 is 59.5. The minimum absolute atomic E-state index is 0.128. The van der Waals surface area contributed by atoms with E-state index in [-0.39, 0.29) is 13.2 Å². The summed E-state index contributed by atoms with van der Waals surface area (Å²) in [5.41, 5.74) is 2.85. The number of urea groups is 1. The second-order valence-corrected chi connectivity index (χ2v) is 10.6. The maximum absolute atomic E-state index is 13.5. The number of benzene rings is 3. The summed E-state index contributed by atoms with van der Waals surface area (Å²) in [7, 11) is 0. The van der Waals surface area contributed by atoms with Gasteiger partial charge in [-0.25, -0.2) is 9.18 Å². The standard InChI is InChI=1S/C32H30F4N2O4/c1-19(30(39)40)16-20-2-4-21(5-3-20)22-6-8-23(9-7-22)24-10-13-28-29(17-24)42-15-14-38(28)31(41)37-27-12-11-25(33)18-26(27)32(34,35)36/h6-13,16-19,21H,2-5,14-15H2,1H3,(H,37,41)(H,39,40). The second-order valence-electron chi connectivity index (χ2n) is 10.6. The maximum Gasteiger partial charge on any atom is 0.418 e. The number of allylic oxidation sites excluding steroid dienone is 1. The number of alkyl halides is 3. The highest BCUT2D eigenvalue weighted by atomic mass is 19.4. The van der Waals surface area contributed by atoms with Crippen LogP contribution in [0.5, 0.6) is 5.75 Å². The predicted molar refractivity (Wildman–Crippen MR) is 151 cm³/mol. The molecule has 1 unspecified atom stereocenters. The summed E-state index contributed by atoms with van der Waals surface area (Å²) >= 11 is 0. The molecule has 6 nitrogen and oxygen atoms in total. The number of anilines is 2. The Labute approximate surface area is 240 Å². The van der Waals surface area contributed by atoms with Crippen LogP contribution >= 0.6 is 0 Å². The zero-order chi connectivity index (χ0) is 30.0. The van der Waals surface area contributed by atoms with Crippen LogP contribution in [0.25, 0.3) is 11.1 Å². The number of carboxylic acids is 1. The van der Waals surface area contributed by atoms with Crippen molar-refractivity contribution in [1.29, 1.82) is 0 Å². The lowest BCUT2D eigenvalue weighted by atomic mass is 9.80. The van der Waals surface area contributed by atoms with E-state index in [1.54, 1.807) is 19.1 Å². The van der Waals surface area contributed by atoms with Crippen molar-refractivity contribution < 1.29 is 37.0 Å². The fraction of sp³-hybridized carbons (Fsp3) is 0.312. The topological polar surface area (TPSA) is 78.9 Å². The quantitative estimate of drug-likeness (QED) is 0.235. The molecule has 10 heteroatoms. The molecule has 0 bridgehead atoms. The minimum atomic E-state index is -4.84. The Morgan fingerprint density at radius 1 is 1.02 bits per heavy atom. The van der Waals surface area contributed by atoms with Gasteiger partial charge in [0, 0.05) is 0 Å². The van der Waals surface area contributed by atoms with Gasteiger partial charge in [-0.3, -0.25) is 9.69 Å². The van der Waals surface area contributed by atoms with Gasteiger partial charge in [-0.1, -0.05) is 42.0 Å². The van der Waals surface area contributed by atoms with Crippen LogP contribution in [0.15, 0.2) is 72.3 Å². The molecule has 2 N–H and O–H groups in total. The maximum atomic E-state index is 13.5. The normalized spacial score (nSPS) is 17.6. The molecule has 1 heterocycles. The molecular weight excluding hydrogens is 552 g/mol. The molecule has 0 saturated heterocycles. The highest BCUT2D eigenvalue weighted by Crippen LogP contribution is 2.40. The summed E-state index contributed by atoms with van der Waals surface area (Å²) in [6.45, 7) is 1.98. The number of amides is 2. The number of carbonyl (C=O) groups excluding carboxylic acids is 1. The smallest absolute Gasteiger partial charge is 0.418 e. The summed E-state index contributed by atoms with van der Waals surface area (Å²) in [6.07, 6.45) is 0.724. The van der Waals surface area contributed by atoms with E-state index in [2.05, 4.69) is 17.4 Å². The first-order valence-corrected chi connectivity index (χ1v) is 13.7. The van der Waals surface area contributed by atoms with Crippen molar-refractivity contribution >= 4 is 23.4 Å². The lowest BCUT2D eigenvalue weighted by Crippen LogP contribution is -2.41. The number of halogens is 4. The summed E-state index contributed by atoms with van der Waals surface area (Å²) in [5.74, 6) is -1.52. The number of carbonyl (C=O) groups is 2. The molecule has 2 amide bonds. The molecule has 0 radical (unpaired) electrons. The van der Waals surface area contributed by atoms with Gasteiger partial charge < -0.3 is 15.2 Å². The van der Waals surface area contributed by atoms with Gasteiger partial charge in [0.2, 0.25) is 0 Å². The van der Waals surface area contributed by atoms with Crippen molar-refractivity contribution in [2.75, 3.05) is 23.4 Å². The van der Waals surface area contributed by atoms with E-state index >= 15 is 0 Å². The van der Waals surface area contributed by atoms with Gasteiger partial charge in [0.05, 0.1) is 29.4 Å². The third kappa shape index (κ3) is 6.42. The van der Waals surface area contributed by atoms with Crippen LogP contribution in [0.2, 0.25) is 0 Å². The summed E-state index contributed by atoms with van der Waals surface area (Å²) in [4.78, 5) is 25.4. The van der Waals surface area contributed by atoms with E-state index in [9.17, 15) is 27.2 Å². The largest absolute Gasteiger partial charge is 0.490 e. The van der Waals surface area contributed by atoms with Crippen molar-refractivity contribution in [2.24, 2.45) is 5.92 Å². The van der Waals surface area contributed by atoms with E-state index in [1.165, 1.54) is 16.0 Å². The lowest BCUT2D eigenvalue weighted by molar-refractivity contribution is -0.139. The Morgan fingerprint density at radius 2 is 1.71 bits per heavy atom. The van der Waals surface area contributed by atoms with Crippen LogP contribution < -0.4 is 15.0 Å². The number of hydrogen-bond acceptors (Lipinski definition) is 3. The number of fused-ring (bicyclic) bond motifs is 1. The molecule has 3 aromatic rings. The van der Waals surface area contributed by atoms with Gasteiger partial charge in [-0.05, 0) is 85.5 Å². The highest BCUT2D eigenvalue weighted by molar-refractivity contribution is 6.03. The molecular formula is C32H30F4N2O4. The van der Waals surface area contributed by atoms with Crippen molar-refractivity contribution in [3.05, 3.63) is 89.3 Å². The van der Waals surface area contributed by atoms with Crippen LogP contribution in [0.3, 0.4) is 0 Å². The van der Waals surface area contributed by atoms with Gasteiger partial charge >= 0.3 is 18.2 Å². The van der Waals surface area contributed by atoms with Crippen molar-refractivity contribution in [3.63, 3.8) is 0 Å². The highest BCUT2D eigenvalue weighted by Gasteiger charge is 2.35. The molecule has 1 fully saturated rings. The van der Waals surface area contributed by atoms with E-state index in [0.29, 0.717) is 23.4 Å². The van der Waals surface area contributed by atoms with E-state index in [0.717, 1.165) is 48.9 Å². The van der Waals surface area contributed by atoms with Crippen molar-refractivity contribution in [1.82, 2.24) is 0 Å². The van der Waals surface area contributed by atoms with Crippen LogP contribution in [-0.2, 0) is 11.0 Å². The zero-order valence-electron chi connectivity index (χ0n) is 22.9. The van der Waals surface area contributed by atoms with E-state index in [4.69, 9.17) is 9.84 Å². The van der Waals surface area contributed by atoms with Gasteiger partial charge in [-0.15, -0.1) is 0 Å². The molecule has 1 atom stereocenters. The number of carboxylic acid groups (broad SMARTS) is 1. The van der Waals surface area contributed by atoms with Crippen molar-refractivity contribution in [2.45, 2.75) is 44.7 Å².